The molecule has 1 atom stereocenters. The van der Waals surface area contributed by atoms with Crippen molar-refractivity contribution in [3.05, 3.63) is 70.5 Å². The molecule has 2 aromatic carbocycles. The molecule has 0 aliphatic heterocycles. The van der Waals surface area contributed by atoms with Crippen LogP contribution in [0.5, 0.6) is 0 Å². The van der Waals surface area contributed by atoms with E-state index in [9.17, 15) is 9.18 Å². The van der Waals surface area contributed by atoms with E-state index in [2.05, 4.69) is 37.4 Å². The largest absolute Gasteiger partial charge is 0.349 e. The number of amides is 1. The molecule has 0 aromatic heterocycles. The smallest absolute Gasteiger partial charge is 0.230 e. The lowest BCUT2D eigenvalue weighted by Crippen LogP contribution is -2.28. The molecule has 0 saturated carbocycles. The number of aryl methyl sites for hydroxylation is 2. The summed E-state index contributed by atoms with van der Waals surface area (Å²) in [5.74, 6) is 0.965. The highest BCUT2D eigenvalue weighted by molar-refractivity contribution is 7.99. The van der Waals surface area contributed by atoms with Gasteiger partial charge in [-0.1, -0.05) is 41.5 Å². The topological polar surface area (TPSA) is 29.1 Å². The number of rotatable bonds is 6. The van der Waals surface area contributed by atoms with E-state index in [4.69, 9.17) is 0 Å². The molecule has 2 rings (SSSR count). The average Bonchev–Trinajstić information content (AvgIpc) is 2.46. The maximum absolute atomic E-state index is 12.9. The fourth-order valence-electron chi connectivity index (χ4n) is 2.53. The zero-order chi connectivity index (χ0) is 16.8. The summed E-state index contributed by atoms with van der Waals surface area (Å²) in [4.78, 5) is 12.0. The minimum atomic E-state index is -0.267. The van der Waals surface area contributed by atoms with Crippen molar-refractivity contribution in [2.75, 3.05) is 5.75 Å². The zero-order valence-corrected chi connectivity index (χ0v) is 14.5. The lowest BCUT2D eigenvalue weighted by Gasteiger charge is -2.14. The standard InChI is InChI=1S/C19H22FNOS/c1-13-8-14(2)10-16(9-13)11-23-12-19(22)21-15(3)17-4-6-18(20)7-5-17/h4-10,15H,11-12H2,1-3H3,(H,21,22)/t15-/m1/s1. The van der Waals surface area contributed by atoms with E-state index in [0.717, 1.165) is 11.3 Å². The van der Waals surface area contributed by atoms with Crippen LogP contribution in [0.15, 0.2) is 42.5 Å². The summed E-state index contributed by atoms with van der Waals surface area (Å²) < 4.78 is 12.9. The van der Waals surface area contributed by atoms with Gasteiger partial charge in [-0.25, -0.2) is 4.39 Å². The van der Waals surface area contributed by atoms with Crippen LogP contribution < -0.4 is 5.32 Å². The highest BCUT2D eigenvalue weighted by Gasteiger charge is 2.09. The quantitative estimate of drug-likeness (QED) is 0.841. The van der Waals surface area contributed by atoms with E-state index < -0.39 is 0 Å². The summed E-state index contributed by atoms with van der Waals surface area (Å²) >= 11 is 1.60. The normalized spacial score (nSPS) is 12.0. The van der Waals surface area contributed by atoms with Gasteiger partial charge in [0.15, 0.2) is 0 Å². The molecule has 23 heavy (non-hydrogen) atoms. The van der Waals surface area contributed by atoms with E-state index in [-0.39, 0.29) is 17.8 Å². The summed E-state index contributed by atoms with van der Waals surface area (Å²) in [6.45, 7) is 6.07. The second kappa shape index (κ2) is 8.16. The van der Waals surface area contributed by atoms with Crippen LogP contribution in [0, 0.1) is 19.7 Å². The molecular formula is C19H22FNOS. The van der Waals surface area contributed by atoms with Crippen molar-refractivity contribution in [1.29, 1.82) is 0 Å². The van der Waals surface area contributed by atoms with Gasteiger partial charge >= 0.3 is 0 Å². The van der Waals surface area contributed by atoms with Crippen molar-refractivity contribution >= 4 is 17.7 Å². The van der Waals surface area contributed by atoms with E-state index in [1.165, 1.54) is 28.8 Å². The molecule has 2 nitrogen and oxygen atoms in total. The number of halogens is 1. The van der Waals surface area contributed by atoms with Crippen molar-refractivity contribution in [2.24, 2.45) is 0 Å². The maximum atomic E-state index is 12.9. The van der Waals surface area contributed by atoms with Crippen molar-refractivity contribution in [3.63, 3.8) is 0 Å². The van der Waals surface area contributed by atoms with Gasteiger partial charge in [-0.3, -0.25) is 4.79 Å². The van der Waals surface area contributed by atoms with Gasteiger partial charge in [0.05, 0.1) is 11.8 Å². The Morgan fingerprint density at radius 2 is 1.74 bits per heavy atom. The van der Waals surface area contributed by atoms with Gasteiger partial charge in [0.1, 0.15) is 5.82 Å². The molecule has 0 unspecified atom stereocenters. The maximum Gasteiger partial charge on any atom is 0.230 e. The predicted octanol–water partition coefficient (Wildman–Crippen LogP) is 4.55. The monoisotopic (exact) mass is 331 g/mol. The van der Waals surface area contributed by atoms with Crippen LogP contribution in [-0.2, 0) is 10.5 Å². The molecule has 0 aliphatic rings. The van der Waals surface area contributed by atoms with E-state index in [1.54, 1.807) is 23.9 Å². The third-order valence-electron chi connectivity index (χ3n) is 3.53. The van der Waals surface area contributed by atoms with Crippen molar-refractivity contribution < 1.29 is 9.18 Å². The van der Waals surface area contributed by atoms with Gasteiger partial charge in [-0.05, 0) is 44.0 Å². The Labute approximate surface area is 141 Å². The third-order valence-corrected chi connectivity index (χ3v) is 4.53. The van der Waals surface area contributed by atoms with Crippen molar-refractivity contribution in [3.8, 4) is 0 Å². The van der Waals surface area contributed by atoms with E-state index in [0.29, 0.717) is 5.75 Å². The first-order valence-electron chi connectivity index (χ1n) is 7.64. The lowest BCUT2D eigenvalue weighted by atomic mass is 10.1. The van der Waals surface area contributed by atoms with E-state index >= 15 is 0 Å². The Morgan fingerprint density at radius 1 is 1.13 bits per heavy atom. The summed E-state index contributed by atoms with van der Waals surface area (Å²) in [5.41, 5.74) is 4.64. The molecule has 0 heterocycles. The van der Waals surface area contributed by atoms with Crippen molar-refractivity contribution in [1.82, 2.24) is 5.32 Å². The molecular weight excluding hydrogens is 309 g/mol. The van der Waals surface area contributed by atoms with Crippen LogP contribution in [0.4, 0.5) is 4.39 Å². The van der Waals surface area contributed by atoms with E-state index in [1.807, 2.05) is 6.92 Å². The fraction of sp³-hybridized carbons (Fsp3) is 0.316. The third kappa shape index (κ3) is 5.71. The first-order chi connectivity index (χ1) is 10.9. The van der Waals surface area contributed by atoms with Crippen LogP contribution in [0.25, 0.3) is 0 Å². The van der Waals surface area contributed by atoms with Gasteiger partial charge in [0.25, 0.3) is 0 Å². The molecule has 0 spiro atoms. The van der Waals surface area contributed by atoms with Crippen LogP contribution in [0.3, 0.4) is 0 Å². The molecule has 1 N–H and O–H groups in total. The second-order valence-electron chi connectivity index (χ2n) is 5.83. The molecule has 0 bridgehead atoms. The summed E-state index contributed by atoms with van der Waals surface area (Å²) in [5, 5.41) is 2.94. The number of nitrogens with one attached hydrogen (secondary N) is 1. The van der Waals surface area contributed by atoms with Crippen LogP contribution in [0.2, 0.25) is 0 Å². The van der Waals surface area contributed by atoms with Crippen LogP contribution in [0.1, 0.15) is 35.2 Å². The molecule has 1 amide bonds. The fourth-order valence-corrected chi connectivity index (χ4v) is 3.30. The minimum Gasteiger partial charge on any atom is -0.349 e. The average molecular weight is 331 g/mol. The van der Waals surface area contributed by atoms with Crippen LogP contribution in [-0.4, -0.2) is 11.7 Å². The highest BCUT2D eigenvalue weighted by Crippen LogP contribution is 2.17. The molecule has 0 saturated heterocycles. The lowest BCUT2D eigenvalue weighted by molar-refractivity contribution is -0.119. The number of carbonyl (C=O) groups is 1. The Bertz CT molecular complexity index is 649. The summed E-state index contributed by atoms with van der Waals surface area (Å²) in [6.07, 6.45) is 0. The highest BCUT2D eigenvalue weighted by atomic mass is 32.2. The number of hydrogen-bond donors (Lipinski definition) is 1. The molecule has 2 aromatic rings. The molecule has 0 radical (unpaired) electrons. The second-order valence-corrected chi connectivity index (χ2v) is 6.82. The number of benzene rings is 2. The zero-order valence-electron chi connectivity index (χ0n) is 13.7. The first kappa shape index (κ1) is 17.5. The Morgan fingerprint density at radius 3 is 2.35 bits per heavy atom. The van der Waals surface area contributed by atoms with Gasteiger partial charge in [0.2, 0.25) is 5.91 Å². The first-order valence-corrected chi connectivity index (χ1v) is 8.79. The Kier molecular flexibility index (Phi) is 6.22. The molecule has 0 fully saturated rings. The summed E-state index contributed by atoms with van der Waals surface area (Å²) in [6, 6.07) is 12.5. The minimum absolute atomic E-state index is 0.00352. The number of carbonyl (C=O) groups excluding carboxylic acids is 1. The molecule has 122 valence electrons. The van der Waals surface area contributed by atoms with Gasteiger partial charge in [-0.2, -0.15) is 0 Å². The SMILES string of the molecule is Cc1cc(C)cc(CSCC(=O)N[C@H](C)c2ccc(F)cc2)c1. The van der Waals surface area contributed by atoms with Gasteiger partial charge < -0.3 is 5.32 Å². The van der Waals surface area contributed by atoms with Gasteiger partial charge in [0, 0.05) is 5.75 Å². The number of hydrogen-bond acceptors (Lipinski definition) is 2. The van der Waals surface area contributed by atoms with Gasteiger partial charge in [-0.15, -0.1) is 11.8 Å². The molecule has 0 aliphatic carbocycles. The van der Waals surface area contributed by atoms with Crippen molar-refractivity contribution in [2.45, 2.75) is 32.6 Å². The predicted molar refractivity (Wildman–Crippen MR) is 95.0 cm³/mol. The van der Waals surface area contributed by atoms with Crippen LogP contribution >= 0.6 is 11.8 Å². The number of thioether (sulfide) groups is 1. The summed E-state index contributed by atoms with van der Waals surface area (Å²) in [7, 11) is 0. The molecule has 4 heteroatoms. The Hall–Kier alpha value is -1.81. The Balaban J connectivity index is 1.79.